The highest BCUT2D eigenvalue weighted by Gasteiger charge is 2.11. The molecule has 0 fully saturated rings. The Morgan fingerprint density at radius 3 is 1.83 bits per heavy atom. The molecule has 0 aromatic heterocycles. The van der Waals surface area contributed by atoms with E-state index in [4.69, 9.17) is 10.5 Å². The van der Waals surface area contributed by atoms with E-state index in [1.54, 1.807) is 0 Å². The van der Waals surface area contributed by atoms with Crippen LogP contribution >= 0.6 is 0 Å². The largest absolute Gasteiger partial charge is 0.379 e. The second-order valence-corrected chi connectivity index (χ2v) is 9.38. The van der Waals surface area contributed by atoms with E-state index >= 15 is 0 Å². The van der Waals surface area contributed by atoms with E-state index < -0.39 is 0 Å². The molecule has 0 bridgehead atoms. The molecule has 0 saturated heterocycles. The number of carbonyl (C=O) groups is 3. The number of ether oxygens (including phenoxy) is 1. The number of nitrogens with two attached hydrogens (primary N) is 1. The molecule has 3 amide bonds. The van der Waals surface area contributed by atoms with Crippen molar-refractivity contribution in [2.45, 2.75) is 123 Å². The minimum absolute atomic E-state index is 0.0194. The standard InChI is InChI=1S/C27H54N4O4/c1-3-5-12-16-25(32)29-20-15-21-30-26(33)18-22-35-23-24(4-2)31-27(34)17-13-10-8-6-7-9-11-14-19-28/h24H,3-23,28H2,1-2H3,(H,29,32)(H,30,33)(H,31,34). The minimum atomic E-state index is -0.0595. The van der Waals surface area contributed by atoms with Crippen LogP contribution in [0, 0.1) is 0 Å². The lowest BCUT2D eigenvalue weighted by Crippen LogP contribution is -2.38. The number of hydrogen-bond acceptors (Lipinski definition) is 5. The highest BCUT2D eigenvalue weighted by atomic mass is 16.5. The fourth-order valence-corrected chi connectivity index (χ4v) is 3.70. The van der Waals surface area contributed by atoms with Crippen molar-refractivity contribution in [3.8, 4) is 0 Å². The van der Waals surface area contributed by atoms with Crippen molar-refractivity contribution in [3.63, 3.8) is 0 Å². The summed E-state index contributed by atoms with van der Waals surface area (Å²) >= 11 is 0. The van der Waals surface area contributed by atoms with Crippen molar-refractivity contribution < 1.29 is 19.1 Å². The molecule has 0 aliphatic rings. The van der Waals surface area contributed by atoms with Crippen LogP contribution < -0.4 is 21.7 Å². The third-order valence-corrected chi connectivity index (χ3v) is 6.01. The first-order valence-electron chi connectivity index (χ1n) is 14.1. The Balaban J connectivity index is 3.64. The smallest absolute Gasteiger partial charge is 0.222 e. The Hall–Kier alpha value is -1.67. The van der Waals surface area contributed by atoms with Crippen molar-refractivity contribution in [1.29, 1.82) is 0 Å². The molecule has 1 unspecified atom stereocenters. The van der Waals surface area contributed by atoms with Gasteiger partial charge in [-0.05, 0) is 38.6 Å². The number of rotatable bonds is 25. The average Bonchev–Trinajstić information content (AvgIpc) is 2.84. The van der Waals surface area contributed by atoms with E-state index in [9.17, 15) is 14.4 Å². The molecular weight excluding hydrogens is 444 g/mol. The van der Waals surface area contributed by atoms with E-state index in [0.717, 1.165) is 51.5 Å². The van der Waals surface area contributed by atoms with Crippen molar-refractivity contribution in [2.24, 2.45) is 5.73 Å². The SMILES string of the molecule is CCCCCC(=O)NCCCNC(=O)CCOCC(CC)NC(=O)CCCCCCCCCCN. The molecule has 5 N–H and O–H groups in total. The molecule has 0 aliphatic carbocycles. The molecule has 0 aromatic carbocycles. The van der Waals surface area contributed by atoms with Crippen molar-refractivity contribution in [2.75, 3.05) is 32.8 Å². The first-order valence-corrected chi connectivity index (χ1v) is 14.1. The van der Waals surface area contributed by atoms with Gasteiger partial charge in [-0.1, -0.05) is 65.2 Å². The van der Waals surface area contributed by atoms with Gasteiger partial charge in [0.1, 0.15) is 0 Å². The quantitative estimate of drug-likeness (QED) is 0.142. The fraction of sp³-hybridized carbons (Fsp3) is 0.889. The van der Waals surface area contributed by atoms with Crippen LogP contribution in [0.25, 0.3) is 0 Å². The topological polar surface area (TPSA) is 123 Å². The molecule has 1 atom stereocenters. The maximum absolute atomic E-state index is 12.2. The predicted octanol–water partition coefficient (Wildman–Crippen LogP) is 3.96. The van der Waals surface area contributed by atoms with Crippen LogP contribution in [0.4, 0.5) is 0 Å². The monoisotopic (exact) mass is 498 g/mol. The van der Waals surface area contributed by atoms with Gasteiger partial charge in [-0.2, -0.15) is 0 Å². The molecule has 206 valence electrons. The van der Waals surface area contributed by atoms with Gasteiger partial charge in [0, 0.05) is 32.4 Å². The number of unbranched alkanes of at least 4 members (excludes halogenated alkanes) is 9. The lowest BCUT2D eigenvalue weighted by molar-refractivity contribution is -0.124. The molecule has 0 aliphatic heterocycles. The zero-order chi connectivity index (χ0) is 26.0. The third kappa shape index (κ3) is 23.8. The van der Waals surface area contributed by atoms with E-state index in [1.807, 2.05) is 6.92 Å². The van der Waals surface area contributed by atoms with Gasteiger partial charge < -0.3 is 26.4 Å². The second-order valence-electron chi connectivity index (χ2n) is 9.38. The summed E-state index contributed by atoms with van der Waals surface area (Å²) in [4.78, 5) is 35.7. The second kappa shape index (κ2) is 25.4. The number of carbonyl (C=O) groups excluding carboxylic acids is 3. The van der Waals surface area contributed by atoms with E-state index in [2.05, 4.69) is 22.9 Å². The van der Waals surface area contributed by atoms with Crippen LogP contribution in [0.5, 0.6) is 0 Å². The third-order valence-electron chi connectivity index (χ3n) is 6.01. The van der Waals surface area contributed by atoms with Gasteiger partial charge in [-0.3, -0.25) is 14.4 Å². The summed E-state index contributed by atoms with van der Waals surface area (Å²) in [6, 6.07) is -0.0194. The molecule has 0 spiro atoms. The van der Waals surface area contributed by atoms with E-state index in [0.29, 0.717) is 52.0 Å². The molecule has 8 heteroatoms. The van der Waals surface area contributed by atoms with Gasteiger partial charge in [-0.15, -0.1) is 0 Å². The summed E-state index contributed by atoms with van der Waals surface area (Å²) < 4.78 is 5.62. The zero-order valence-corrected chi connectivity index (χ0v) is 22.6. The van der Waals surface area contributed by atoms with Crippen molar-refractivity contribution in [1.82, 2.24) is 16.0 Å². The first kappa shape index (κ1) is 33.3. The molecule has 0 aromatic rings. The molecule has 0 heterocycles. The average molecular weight is 499 g/mol. The van der Waals surface area contributed by atoms with Crippen LogP contribution in [0.3, 0.4) is 0 Å². The van der Waals surface area contributed by atoms with E-state index in [1.165, 1.54) is 32.1 Å². The fourth-order valence-electron chi connectivity index (χ4n) is 3.70. The minimum Gasteiger partial charge on any atom is -0.379 e. The molecule has 35 heavy (non-hydrogen) atoms. The maximum atomic E-state index is 12.2. The van der Waals surface area contributed by atoms with Gasteiger partial charge in [0.15, 0.2) is 0 Å². The number of nitrogens with one attached hydrogen (secondary N) is 3. The summed E-state index contributed by atoms with van der Waals surface area (Å²) in [7, 11) is 0. The van der Waals surface area contributed by atoms with Crippen LogP contribution in [0.15, 0.2) is 0 Å². The summed E-state index contributed by atoms with van der Waals surface area (Å²) in [5.41, 5.74) is 5.50. The summed E-state index contributed by atoms with van der Waals surface area (Å²) in [6.45, 7) is 6.79. The molecule has 8 nitrogen and oxygen atoms in total. The Labute approximate surface area is 214 Å². The Morgan fingerprint density at radius 1 is 0.686 bits per heavy atom. The lowest BCUT2D eigenvalue weighted by Gasteiger charge is -2.17. The Kier molecular flexibility index (Phi) is 24.2. The summed E-state index contributed by atoms with van der Waals surface area (Å²) in [5.74, 6) is 0.106. The van der Waals surface area contributed by atoms with Crippen LogP contribution in [0.2, 0.25) is 0 Å². The molecule has 0 rings (SSSR count). The van der Waals surface area contributed by atoms with Gasteiger partial charge >= 0.3 is 0 Å². The predicted molar refractivity (Wildman–Crippen MR) is 143 cm³/mol. The summed E-state index contributed by atoms with van der Waals surface area (Å²) in [5, 5.41) is 8.77. The van der Waals surface area contributed by atoms with Gasteiger partial charge in [0.05, 0.1) is 19.3 Å². The van der Waals surface area contributed by atoms with Gasteiger partial charge in [-0.25, -0.2) is 0 Å². The zero-order valence-electron chi connectivity index (χ0n) is 22.6. The molecular formula is C27H54N4O4. The molecule has 0 radical (unpaired) electrons. The van der Waals surface area contributed by atoms with E-state index in [-0.39, 0.29) is 23.8 Å². The van der Waals surface area contributed by atoms with Gasteiger partial charge in [0.2, 0.25) is 17.7 Å². The Bertz CT molecular complexity index is 531. The van der Waals surface area contributed by atoms with Crippen molar-refractivity contribution >= 4 is 17.7 Å². The lowest BCUT2D eigenvalue weighted by atomic mass is 10.1. The van der Waals surface area contributed by atoms with Gasteiger partial charge in [0.25, 0.3) is 0 Å². The highest BCUT2D eigenvalue weighted by Crippen LogP contribution is 2.09. The molecule has 0 saturated carbocycles. The normalized spacial score (nSPS) is 11.7. The Morgan fingerprint density at radius 2 is 1.23 bits per heavy atom. The van der Waals surface area contributed by atoms with Crippen LogP contribution in [-0.2, 0) is 19.1 Å². The maximum Gasteiger partial charge on any atom is 0.222 e. The van der Waals surface area contributed by atoms with Crippen LogP contribution in [0.1, 0.15) is 117 Å². The summed E-state index contributed by atoms with van der Waals surface area (Å²) in [6.07, 6.45) is 15.4. The van der Waals surface area contributed by atoms with Crippen LogP contribution in [-0.4, -0.2) is 56.6 Å². The number of hydrogen-bond donors (Lipinski definition) is 4. The van der Waals surface area contributed by atoms with Crippen molar-refractivity contribution in [3.05, 3.63) is 0 Å². The highest BCUT2D eigenvalue weighted by molar-refractivity contribution is 5.76. The number of amides is 3. The first-order chi connectivity index (χ1) is 17.0.